The first kappa shape index (κ1) is 15.3. The van der Waals surface area contributed by atoms with Crippen molar-refractivity contribution in [3.63, 3.8) is 0 Å². The van der Waals surface area contributed by atoms with Gasteiger partial charge < -0.3 is 5.73 Å². The molecular weight excluding hydrogens is 291 g/mol. The Morgan fingerprint density at radius 3 is 2.38 bits per heavy atom. The van der Waals surface area contributed by atoms with Crippen molar-refractivity contribution in [1.82, 2.24) is 0 Å². The molecule has 0 amide bonds. The molecule has 0 atom stereocenters. The molecule has 2 aromatic rings. The molecule has 0 fully saturated rings. The lowest BCUT2D eigenvalue weighted by Crippen LogP contribution is -2.31. The van der Waals surface area contributed by atoms with Crippen molar-refractivity contribution in [3.05, 3.63) is 53.8 Å². The van der Waals surface area contributed by atoms with E-state index in [0.717, 1.165) is 10.4 Å². The maximum absolute atomic E-state index is 14.2. The monoisotopic (exact) mass is 308 g/mol. The van der Waals surface area contributed by atoms with Crippen LogP contribution in [0.1, 0.15) is 12.5 Å². The largest absolute Gasteiger partial charge is 0.399 e. The predicted molar refractivity (Wildman–Crippen MR) is 82.2 cm³/mol. The van der Waals surface area contributed by atoms with Crippen molar-refractivity contribution in [3.8, 4) is 0 Å². The highest BCUT2D eigenvalue weighted by molar-refractivity contribution is 7.92. The van der Waals surface area contributed by atoms with Gasteiger partial charge in [0, 0.05) is 12.2 Å². The van der Waals surface area contributed by atoms with Gasteiger partial charge in [-0.1, -0.05) is 18.2 Å². The number of anilines is 2. The van der Waals surface area contributed by atoms with Crippen molar-refractivity contribution < 1.29 is 12.8 Å². The van der Waals surface area contributed by atoms with Crippen molar-refractivity contribution in [1.29, 1.82) is 0 Å². The fourth-order valence-electron chi connectivity index (χ4n) is 2.16. The highest BCUT2D eigenvalue weighted by atomic mass is 32.2. The fraction of sp³-hybridized carbons (Fsp3) is 0.200. The van der Waals surface area contributed by atoms with Crippen LogP contribution in [0.15, 0.2) is 47.4 Å². The van der Waals surface area contributed by atoms with Crippen LogP contribution < -0.4 is 10.0 Å². The smallest absolute Gasteiger partial charge is 0.267 e. The van der Waals surface area contributed by atoms with Crippen LogP contribution in [0.2, 0.25) is 0 Å². The minimum absolute atomic E-state index is 0.194. The molecular formula is C15H17FN2O2S. The minimum Gasteiger partial charge on any atom is -0.399 e. The number of benzene rings is 2. The Morgan fingerprint density at radius 2 is 1.81 bits per heavy atom. The standard InChI is InChI=1S/C15H17FN2O2S/c1-3-18(13-7-5-4-6-8-13)21(19,20)14-10-12(17)9-11(2)15(14)16/h4-10H,3,17H2,1-2H3. The molecule has 0 heterocycles. The number of nitrogens with two attached hydrogens (primary N) is 1. The summed E-state index contributed by atoms with van der Waals surface area (Å²) in [6.45, 7) is 3.38. The third-order valence-electron chi connectivity index (χ3n) is 3.14. The van der Waals surface area contributed by atoms with E-state index in [2.05, 4.69) is 0 Å². The summed E-state index contributed by atoms with van der Waals surface area (Å²) in [4.78, 5) is -0.397. The number of hydrogen-bond acceptors (Lipinski definition) is 3. The van der Waals surface area contributed by atoms with Crippen molar-refractivity contribution in [2.45, 2.75) is 18.7 Å². The fourth-order valence-corrected chi connectivity index (χ4v) is 3.81. The van der Waals surface area contributed by atoms with Crippen LogP contribution >= 0.6 is 0 Å². The van der Waals surface area contributed by atoms with Crippen LogP contribution in [0.3, 0.4) is 0 Å². The van der Waals surface area contributed by atoms with E-state index in [1.807, 2.05) is 0 Å². The molecule has 0 unspecified atom stereocenters. The van der Waals surface area contributed by atoms with Crippen molar-refractivity contribution >= 4 is 21.4 Å². The number of hydrogen-bond donors (Lipinski definition) is 1. The molecule has 0 bridgehead atoms. The van der Waals surface area contributed by atoms with Gasteiger partial charge in [0.1, 0.15) is 10.7 Å². The van der Waals surface area contributed by atoms with Gasteiger partial charge in [0.2, 0.25) is 0 Å². The number of rotatable bonds is 4. The molecule has 0 aliphatic carbocycles. The van der Waals surface area contributed by atoms with Gasteiger partial charge in [-0.3, -0.25) is 4.31 Å². The maximum atomic E-state index is 14.2. The lowest BCUT2D eigenvalue weighted by atomic mass is 10.2. The summed E-state index contributed by atoms with van der Waals surface area (Å²) in [5, 5.41) is 0. The Kier molecular flexibility index (Phi) is 4.18. The maximum Gasteiger partial charge on any atom is 0.267 e. The third-order valence-corrected chi connectivity index (χ3v) is 5.05. The van der Waals surface area contributed by atoms with Gasteiger partial charge in [-0.15, -0.1) is 0 Å². The Hall–Kier alpha value is -2.08. The van der Waals surface area contributed by atoms with Crippen molar-refractivity contribution in [2.24, 2.45) is 0 Å². The Labute approximate surface area is 124 Å². The summed E-state index contributed by atoms with van der Waals surface area (Å²) >= 11 is 0. The molecule has 0 spiro atoms. The molecule has 0 saturated heterocycles. The molecule has 4 nitrogen and oxygen atoms in total. The summed E-state index contributed by atoms with van der Waals surface area (Å²) in [6.07, 6.45) is 0. The molecule has 2 rings (SSSR count). The quantitative estimate of drug-likeness (QED) is 0.883. The Bertz CT molecular complexity index is 746. The Balaban J connectivity index is 2.61. The predicted octanol–water partition coefficient (Wildman–Crippen LogP) is 2.93. The number of aryl methyl sites for hydroxylation is 1. The van der Waals surface area contributed by atoms with E-state index in [9.17, 15) is 12.8 Å². The Morgan fingerprint density at radius 1 is 1.19 bits per heavy atom. The summed E-state index contributed by atoms with van der Waals surface area (Å²) in [7, 11) is -4.00. The SMILES string of the molecule is CCN(c1ccccc1)S(=O)(=O)c1cc(N)cc(C)c1F. The zero-order valence-electron chi connectivity index (χ0n) is 11.9. The number of nitrogens with zero attached hydrogens (tertiary/aromatic N) is 1. The zero-order valence-corrected chi connectivity index (χ0v) is 12.7. The highest BCUT2D eigenvalue weighted by Gasteiger charge is 2.27. The zero-order chi connectivity index (χ0) is 15.6. The van der Waals surface area contributed by atoms with Gasteiger partial charge in [0.15, 0.2) is 0 Å². The summed E-state index contributed by atoms with van der Waals surface area (Å²) in [5.41, 5.74) is 6.57. The van der Waals surface area contributed by atoms with E-state index in [-0.39, 0.29) is 17.8 Å². The van der Waals surface area contributed by atoms with E-state index in [4.69, 9.17) is 5.73 Å². The second-order valence-corrected chi connectivity index (χ2v) is 6.49. The second-order valence-electron chi connectivity index (χ2n) is 4.66. The molecule has 2 N–H and O–H groups in total. The van der Waals surface area contributed by atoms with Crippen LogP contribution in [-0.2, 0) is 10.0 Å². The van der Waals surface area contributed by atoms with Gasteiger partial charge in [0.05, 0.1) is 5.69 Å². The first-order valence-electron chi connectivity index (χ1n) is 6.51. The minimum atomic E-state index is -4.00. The van der Waals surface area contributed by atoms with Crippen LogP contribution in [0.5, 0.6) is 0 Å². The van der Waals surface area contributed by atoms with Gasteiger partial charge >= 0.3 is 0 Å². The lowest BCUT2D eigenvalue weighted by Gasteiger charge is -2.23. The second kappa shape index (κ2) is 5.73. The van der Waals surface area contributed by atoms with Crippen LogP contribution in [-0.4, -0.2) is 15.0 Å². The average Bonchev–Trinajstić information content (AvgIpc) is 2.44. The average molecular weight is 308 g/mol. The molecule has 0 aliphatic rings. The van der Waals surface area contributed by atoms with E-state index < -0.39 is 20.7 Å². The summed E-state index contributed by atoms with van der Waals surface area (Å²) < 4.78 is 40.8. The first-order chi connectivity index (χ1) is 9.87. The van der Waals surface area contributed by atoms with Crippen molar-refractivity contribution in [2.75, 3.05) is 16.6 Å². The molecule has 2 aromatic carbocycles. The molecule has 21 heavy (non-hydrogen) atoms. The van der Waals surface area contributed by atoms with E-state index in [1.165, 1.54) is 13.0 Å². The summed E-state index contributed by atoms with van der Waals surface area (Å²) in [6, 6.07) is 11.1. The number of halogens is 1. The molecule has 0 saturated carbocycles. The molecule has 0 aliphatic heterocycles. The third kappa shape index (κ3) is 2.85. The highest BCUT2D eigenvalue weighted by Crippen LogP contribution is 2.28. The first-order valence-corrected chi connectivity index (χ1v) is 7.95. The van der Waals surface area contributed by atoms with E-state index in [1.54, 1.807) is 37.3 Å². The topological polar surface area (TPSA) is 63.4 Å². The molecule has 0 radical (unpaired) electrons. The molecule has 112 valence electrons. The van der Waals surface area contributed by atoms with Crippen LogP contribution in [0.25, 0.3) is 0 Å². The lowest BCUT2D eigenvalue weighted by molar-refractivity contribution is 0.560. The van der Waals surface area contributed by atoms with Gasteiger partial charge in [-0.25, -0.2) is 12.8 Å². The number of sulfonamides is 1. The van der Waals surface area contributed by atoms with Crippen LogP contribution in [0, 0.1) is 12.7 Å². The van der Waals surface area contributed by atoms with Gasteiger partial charge in [-0.2, -0.15) is 0 Å². The summed E-state index contributed by atoms with van der Waals surface area (Å²) in [5.74, 6) is -0.765. The molecule has 6 heteroatoms. The number of para-hydroxylation sites is 1. The van der Waals surface area contributed by atoms with Crippen LogP contribution in [0.4, 0.5) is 15.8 Å². The van der Waals surface area contributed by atoms with Gasteiger partial charge in [-0.05, 0) is 43.7 Å². The number of nitrogen functional groups attached to an aromatic ring is 1. The van der Waals surface area contributed by atoms with E-state index >= 15 is 0 Å². The molecule has 0 aromatic heterocycles. The normalized spacial score (nSPS) is 11.4. The van der Waals surface area contributed by atoms with E-state index in [0.29, 0.717) is 5.69 Å². The van der Waals surface area contributed by atoms with Gasteiger partial charge in [0.25, 0.3) is 10.0 Å².